The van der Waals surface area contributed by atoms with Crippen molar-refractivity contribution in [2.45, 2.75) is 47.1 Å². The van der Waals surface area contributed by atoms with Gasteiger partial charge in [0.15, 0.2) is 5.82 Å². The number of aryl methyl sites for hydroxylation is 2. The van der Waals surface area contributed by atoms with E-state index in [0.717, 1.165) is 28.3 Å². The molecule has 0 aliphatic carbocycles. The molecule has 1 amide bonds. The van der Waals surface area contributed by atoms with Crippen LogP contribution in [0.25, 0.3) is 5.69 Å². The highest BCUT2D eigenvalue weighted by Gasteiger charge is 2.20. The molecule has 3 N–H and O–H groups in total. The number of amides is 1. The van der Waals surface area contributed by atoms with Crippen LogP contribution in [0.15, 0.2) is 30.3 Å². The minimum Gasteiger partial charge on any atom is -0.326 e. The predicted molar refractivity (Wildman–Crippen MR) is 113 cm³/mol. The highest BCUT2D eigenvalue weighted by Crippen LogP contribution is 2.25. The lowest BCUT2D eigenvalue weighted by Gasteiger charge is -2.13. The van der Waals surface area contributed by atoms with Crippen LogP contribution in [0.2, 0.25) is 0 Å². The molecule has 0 atom stereocenters. The van der Waals surface area contributed by atoms with E-state index in [0.29, 0.717) is 23.8 Å². The average molecular weight is 380 g/mol. The standard InChI is InChI=1S/C22H29N5O/c1-13(2)17-8-7-9-18(11-17)27-14(3)10-19(16(27)5)22(28)24-21-20(12-23)15(4)26(6)25-21/h7-11,13H,12,23H2,1-6H3,(H,24,25,28). The second-order valence-corrected chi connectivity index (χ2v) is 7.56. The van der Waals surface area contributed by atoms with E-state index in [1.807, 2.05) is 33.9 Å². The van der Waals surface area contributed by atoms with Crippen LogP contribution >= 0.6 is 0 Å². The van der Waals surface area contributed by atoms with Gasteiger partial charge in [0.05, 0.1) is 5.56 Å². The molecule has 1 aromatic carbocycles. The molecule has 0 bridgehead atoms. The maximum atomic E-state index is 13.0. The lowest BCUT2D eigenvalue weighted by atomic mass is 10.0. The SMILES string of the molecule is Cc1c(CN)c(NC(=O)c2cc(C)n(-c3cccc(C(C)C)c3)c2C)nn1C. The molecule has 2 aromatic heterocycles. The van der Waals surface area contributed by atoms with Gasteiger partial charge in [-0.2, -0.15) is 5.10 Å². The summed E-state index contributed by atoms with van der Waals surface area (Å²) in [6.07, 6.45) is 0. The quantitative estimate of drug-likeness (QED) is 0.704. The largest absolute Gasteiger partial charge is 0.326 e. The van der Waals surface area contributed by atoms with Crippen molar-refractivity contribution in [1.29, 1.82) is 0 Å². The minimum absolute atomic E-state index is 0.174. The van der Waals surface area contributed by atoms with E-state index in [-0.39, 0.29) is 5.91 Å². The van der Waals surface area contributed by atoms with Crippen molar-refractivity contribution in [2.75, 3.05) is 5.32 Å². The summed E-state index contributed by atoms with van der Waals surface area (Å²) in [5.41, 5.74) is 12.5. The molecule has 0 aliphatic rings. The van der Waals surface area contributed by atoms with E-state index in [1.165, 1.54) is 5.56 Å². The summed E-state index contributed by atoms with van der Waals surface area (Å²) in [5.74, 6) is 0.798. The zero-order valence-electron chi connectivity index (χ0n) is 17.5. The summed E-state index contributed by atoms with van der Waals surface area (Å²) in [4.78, 5) is 13.0. The third-order valence-corrected chi connectivity index (χ3v) is 5.36. The van der Waals surface area contributed by atoms with Gasteiger partial charge < -0.3 is 15.6 Å². The molecule has 3 rings (SSSR count). The van der Waals surface area contributed by atoms with Crippen LogP contribution < -0.4 is 11.1 Å². The van der Waals surface area contributed by atoms with Crippen molar-refractivity contribution < 1.29 is 4.79 Å². The Hall–Kier alpha value is -2.86. The number of benzene rings is 1. The van der Waals surface area contributed by atoms with Gasteiger partial charge in [0.1, 0.15) is 0 Å². The third-order valence-electron chi connectivity index (χ3n) is 5.36. The predicted octanol–water partition coefficient (Wildman–Crippen LogP) is 3.97. The maximum absolute atomic E-state index is 13.0. The number of rotatable bonds is 5. The Morgan fingerprint density at radius 1 is 1.18 bits per heavy atom. The van der Waals surface area contributed by atoms with Gasteiger partial charge in [-0.25, -0.2) is 0 Å². The monoisotopic (exact) mass is 379 g/mol. The molecule has 3 aromatic rings. The number of nitrogens with zero attached hydrogens (tertiary/aromatic N) is 3. The fourth-order valence-electron chi connectivity index (χ4n) is 3.58. The molecule has 0 spiro atoms. The molecule has 0 saturated heterocycles. The second kappa shape index (κ2) is 7.64. The summed E-state index contributed by atoms with van der Waals surface area (Å²) >= 11 is 0. The van der Waals surface area contributed by atoms with Crippen molar-refractivity contribution in [2.24, 2.45) is 12.8 Å². The smallest absolute Gasteiger partial charge is 0.258 e. The number of nitrogens with two attached hydrogens (primary N) is 1. The van der Waals surface area contributed by atoms with Crippen LogP contribution in [0.5, 0.6) is 0 Å². The van der Waals surface area contributed by atoms with Crippen LogP contribution in [0.3, 0.4) is 0 Å². The number of nitrogens with one attached hydrogen (secondary N) is 1. The number of anilines is 1. The fourth-order valence-corrected chi connectivity index (χ4v) is 3.58. The van der Waals surface area contributed by atoms with Gasteiger partial charge in [-0.3, -0.25) is 9.48 Å². The van der Waals surface area contributed by atoms with Crippen molar-refractivity contribution in [3.05, 3.63) is 64.1 Å². The van der Waals surface area contributed by atoms with Gasteiger partial charge in [-0.05, 0) is 50.5 Å². The fraction of sp³-hybridized carbons (Fsp3) is 0.364. The summed E-state index contributed by atoms with van der Waals surface area (Å²) in [6.45, 7) is 10.6. The summed E-state index contributed by atoms with van der Waals surface area (Å²) in [6, 6.07) is 10.4. The zero-order chi connectivity index (χ0) is 20.6. The molecule has 2 heterocycles. The lowest BCUT2D eigenvalue weighted by Crippen LogP contribution is -2.15. The lowest BCUT2D eigenvalue weighted by molar-refractivity contribution is 0.102. The van der Waals surface area contributed by atoms with Crippen LogP contribution in [-0.2, 0) is 13.6 Å². The van der Waals surface area contributed by atoms with Gasteiger partial charge in [-0.15, -0.1) is 0 Å². The molecule has 0 saturated carbocycles. The van der Waals surface area contributed by atoms with E-state index >= 15 is 0 Å². The van der Waals surface area contributed by atoms with E-state index in [9.17, 15) is 4.79 Å². The molecule has 6 nitrogen and oxygen atoms in total. The van der Waals surface area contributed by atoms with E-state index < -0.39 is 0 Å². The Morgan fingerprint density at radius 2 is 1.89 bits per heavy atom. The molecule has 6 heteroatoms. The molecular weight excluding hydrogens is 350 g/mol. The third kappa shape index (κ3) is 3.47. The Balaban J connectivity index is 1.97. The molecule has 0 unspecified atom stereocenters. The number of hydrogen-bond donors (Lipinski definition) is 2. The van der Waals surface area contributed by atoms with Crippen LogP contribution in [0, 0.1) is 20.8 Å². The Bertz CT molecular complexity index is 1030. The maximum Gasteiger partial charge on any atom is 0.258 e. The number of carbonyl (C=O) groups is 1. The van der Waals surface area contributed by atoms with E-state index in [4.69, 9.17) is 5.73 Å². The first-order valence-corrected chi connectivity index (χ1v) is 9.57. The van der Waals surface area contributed by atoms with E-state index in [2.05, 4.69) is 53.1 Å². The zero-order valence-corrected chi connectivity index (χ0v) is 17.5. The minimum atomic E-state index is -0.174. The van der Waals surface area contributed by atoms with Gasteiger partial charge >= 0.3 is 0 Å². The molecule has 28 heavy (non-hydrogen) atoms. The second-order valence-electron chi connectivity index (χ2n) is 7.56. The first-order chi connectivity index (χ1) is 13.2. The van der Waals surface area contributed by atoms with Crippen LogP contribution in [-0.4, -0.2) is 20.3 Å². The number of carbonyl (C=O) groups excluding carboxylic acids is 1. The Labute approximate surface area is 166 Å². The highest BCUT2D eigenvalue weighted by atomic mass is 16.1. The van der Waals surface area contributed by atoms with Crippen molar-refractivity contribution >= 4 is 11.7 Å². The van der Waals surface area contributed by atoms with Crippen LogP contribution in [0.4, 0.5) is 5.82 Å². The summed E-state index contributed by atoms with van der Waals surface area (Å²) in [5, 5.41) is 7.33. The average Bonchev–Trinajstić information content (AvgIpc) is 3.10. The normalized spacial score (nSPS) is 11.3. The van der Waals surface area contributed by atoms with Crippen molar-refractivity contribution in [3.63, 3.8) is 0 Å². The number of hydrogen-bond acceptors (Lipinski definition) is 3. The highest BCUT2D eigenvalue weighted by molar-refractivity contribution is 6.05. The molecule has 0 aliphatic heterocycles. The number of aromatic nitrogens is 3. The molecule has 0 fully saturated rings. The van der Waals surface area contributed by atoms with Crippen LogP contribution in [0.1, 0.15) is 58.3 Å². The van der Waals surface area contributed by atoms with E-state index in [1.54, 1.807) is 4.68 Å². The first-order valence-electron chi connectivity index (χ1n) is 9.57. The van der Waals surface area contributed by atoms with Gasteiger partial charge in [0, 0.05) is 41.9 Å². The first kappa shape index (κ1) is 19.9. The topological polar surface area (TPSA) is 77.9 Å². The summed E-state index contributed by atoms with van der Waals surface area (Å²) in [7, 11) is 1.84. The van der Waals surface area contributed by atoms with Crippen molar-refractivity contribution in [3.8, 4) is 5.69 Å². The molecule has 0 radical (unpaired) electrons. The molecular formula is C22H29N5O. The Morgan fingerprint density at radius 3 is 2.54 bits per heavy atom. The molecule has 148 valence electrons. The Kier molecular flexibility index (Phi) is 5.42. The van der Waals surface area contributed by atoms with Gasteiger partial charge in [-0.1, -0.05) is 26.0 Å². The van der Waals surface area contributed by atoms with Gasteiger partial charge in [0.25, 0.3) is 5.91 Å². The summed E-state index contributed by atoms with van der Waals surface area (Å²) < 4.78 is 3.85. The van der Waals surface area contributed by atoms with Gasteiger partial charge in [0.2, 0.25) is 0 Å². The van der Waals surface area contributed by atoms with Crippen molar-refractivity contribution in [1.82, 2.24) is 14.3 Å².